The van der Waals surface area contributed by atoms with Crippen molar-refractivity contribution in [1.29, 1.82) is 0 Å². The molecule has 0 saturated carbocycles. The Morgan fingerprint density at radius 3 is 1.50 bits per heavy atom. The highest BCUT2D eigenvalue weighted by Crippen LogP contribution is 2.34. The van der Waals surface area contributed by atoms with Crippen LogP contribution in [0, 0.1) is 0 Å². The number of carbonyl (C=O) groups is 4. The molecule has 0 aliphatic heterocycles. The molecule has 5 aromatic carbocycles. The third-order valence-electron chi connectivity index (χ3n) is 7.61. The molecule has 0 unspecified atom stereocenters. The van der Waals surface area contributed by atoms with Crippen molar-refractivity contribution in [3.63, 3.8) is 0 Å². The summed E-state index contributed by atoms with van der Waals surface area (Å²) in [7, 11) is 3.01. The Balaban J connectivity index is 1.28. The van der Waals surface area contributed by atoms with E-state index in [1.165, 1.54) is 26.4 Å². The van der Waals surface area contributed by atoms with Gasteiger partial charge in [0.15, 0.2) is 11.5 Å². The molecule has 0 spiro atoms. The Morgan fingerprint density at radius 1 is 0.538 bits per heavy atom. The fraction of sp³-hybridized carbons (Fsp3) is 0.0732. The molecule has 0 heterocycles. The summed E-state index contributed by atoms with van der Waals surface area (Å²) in [5.74, 6) is -0.546. The number of rotatable bonds is 13. The summed E-state index contributed by atoms with van der Waals surface area (Å²) >= 11 is 6.85. The van der Waals surface area contributed by atoms with Crippen LogP contribution in [0.4, 0.5) is 22.7 Å². The fourth-order valence-corrected chi connectivity index (χ4v) is 5.21. The predicted molar refractivity (Wildman–Crippen MR) is 205 cm³/mol. The first-order chi connectivity index (χ1) is 25.2. The molecule has 262 valence electrons. The first-order valence-corrected chi connectivity index (χ1v) is 16.4. The Kier molecular flexibility index (Phi) is 12.6. The van der Waals surface area contributed by atoms with Gasteiger partial charge < -0.3 is 30.7 Å². The number of hydrogen-bond acceptors (Lipinski definition) is 6. The van der Waals surface area contributed by atoms with Crippen molar-refractivity contribution in [2.45, 2.75) is 6.42 Å². The number of carbonyl (C=O) groups excluding carboxylic acids is 4. The topological polar surface area (TPSA) is 135 Å². The van der Waals surface area contributed by atoms with Gasteiger partial charge in [-0.15, -0.1) is 0 Å². The number of anilines is 4. The standard InChI is InChI=1S/C41H35ClN4O6/c1-51-35-23-17-29(25-36(35)52-2)39(42)30(26-38(48)44-34-21-15-28(16-22-34)41(50)46-32-11-7-4-8-12-32)18-24-37(47)43-33-19-13-27(14-20-33)40(49)45-31-9-5-3-6-10-31/h3-25H,26H2,1-2H3,(H,43,47)(H,44,48)(H,45,49)(H,46,50)/b24-18+,39-30-. The minimum absolute atomic E-state index is 0.196. The van der Waals surface area contributed by atoms with Crippen LogP contribution in [-0.2, 0) is 9.59 Å². The molecule has 10 nitrogen and oxygen atoms in total. The van der Waals surface area contributed by atoms with E-state index in [2.05, 4.69) is 21.3 Å². The van der Waals surface area contributed by atoms with Gasteiger partial charge in [-0.05, 0) is 102 Å². The second-order valence-corrected chi connectivity index (χ2v) is 11.6. The molecule has 0 saturated heterocycles. The van der Waals surface area contributed by atoms with Crippen molar-refractivity contribution in [1.82, 2.24) is 0 Å². The third-order valence-corrected chi connectivity index (χ3v) is 8.08. The number of benzene rings is 5. The molecule has 0 aliphatic rings. The van der Waals surface area contributed by atoms with Crippen molar-refractivity contribution in [3.8, 4) is 11.5 Å². The lowest BCUT2D eigenvalue weighted by Crippen LogP contribution is -2.14. The molecule has 0 aromatic heterocycles. The summed E-state index contributed by atoms with van der Waals surface area (Å²) in [4.78, 5) is 51.5. The van der Waals surface area contributed by atoms with Crippen LogP contribution in [-0.4, -0.2) is 37.8 Å². The van der Waals surface area contributed by atoms with Crippen LogP contribution in [0.2, 0.25) is 0 Å². The fourth-order valence-electron chi connectivity index (χ4n) is 4.97. The van der Waals surface area contributed by atoms with Crippen molar-refractivity contribution in [2.75, 3.05) is 35.5 Å². The Bertz CT molecular complexity index is 2100. The quantitative estimate of drug-likeness (QED) is 0.0715. The monoisotopic (exact) mass is 714 g/mol. The van der Waals surface area contributed by atoms with Gasteiger partial charge >= 0.3 is 0 Å². The van der Waals surface area contributed by atoms with Gasteiger partial charge in [0.25, 0.3) is 11.8 Å². The highest BCUT2D eigenvalue weighted by atomic mass is 35.5. The van der Waals surface area contributed by atoms with Gasteiger partial charge in [0.2, 0.25) is 11.8 Å². The minimum atomic E-state index is -0.486. The SMILES string of the molecule is COc1ccc(/C(Cl)=C(\C=C\C(=O)Nc2ccc(C(=O)Nc3ccccc3)cc2)CC(=O)Nc2ccc(C(=O)Nc3ccccc3)cc2)cc1OC. The number of allylic oxidation sites excluding steroid dienone is 1. The second kappa shape index (κ2) is 17.8. The van der Waals surface area contributed by atoms with Crippen LogP contribution < -0.4 is 30.7 Å². The molecule has 52 heavy (non-hydrogen) atoms. The highest BCUT2D eigenvalue weighted by molar-refractivity contribution is 6.49. The summed E-state index contributed by atoms with van der Waals surface area (Å²) in [5, 5.41) is 11.4. The van der Waals surface area contributed by atoms with Gasteiger partial charge in [-0.1, -0.05) is 54.1 Å². The maximum Gasteiger partial charge on any atom is 0.255 e. The van der Waals surface area contributed by atoms with Crippen molar-refractivity contribution < 1.29 is 28.7 Å². The highest BCUT2D eigenvalue weighted by Gasteiger charge is 2.15. The molecule has 0 radical (unpaired) electrons. The predicted octanol–water partition coefficient (Wildman–Crippen LogP) is 8.38. The average Bonchev–Trinajstić information content (AvgIpc) is 3.17. The van der Waals surface area contributed by atoms with E-state index in [-0.39, 0.29) is 23.3 Å². The minimum Gasteiger partial charge on any atom is -0.493 e. The summed E-state index contributed by atoms with van der Waals surface area (Å²) in [5.41, 5.74) is 3.96. The van der Waals surface area contributed by atoms with E-state index < -0.39 is 11.8 Å². The average molecular weight is 715 g/mol. The van der Waals surface area contributed by atoms with Crippen molar-refractivity contribution in [2.24, 2.45) is 0 Å². The number of halogens is 1. The van der Waals surface area contributed by atoms with Gasteiger partial charge in [0.05, 0.1) is 25.7 Å². The zero-order chi connectivity index (χ0) is 36.9. The zero-order valence-electron chi connectivity index (χ0n) is 28.3. The van der Waals surface area contributed by atoms with E-state index in [9.17, 15) is 19.2 Å². The summed E-state index contributed by atoms with van der Waals surface area (Å²) in [6.07, 6.45) is 2.53. The number of amides is 4. The molecule has 0 atom stereocenters. The molecule has 0 fully saturated rings. The van der Waals surface area contributed by atoms with Crippen LogP contribution in [0.15, 0.2) is 145 Å². The van der Waals surface area contributed by atoms with E-state index in [1.807, 2.05) is 36.4 Å². The lowest BCUT2D eigenvalue weighted by Gasteiger charge is -2.12. The maximum atomic E-state index is 13.3. The Hall–Kier alpha value is -6.65. The molecular formula is C41H35ClN4O6. The third kappa shape index (κ3) is 10.2. The first kappa shape index (κ1) is 36.6. The molecule has 11 heteroatoms. The summed E-state index contributed by atoms with van der Waals surface area (Å²) < 4.78 is 10.8. The van der Waals surface area contributed by atoms with E-state index in [1.54, 1.807) is 91.0 Å². The molecule has 5 rings (SSSR count). The van der Waals surface area contributed by atoms with Crippen LogP contribution >= 0.6 is 11.6 Å². The number of para-hydroxylation sites is 2. The van der Waals surface area contributed by atoms with Crippen LogP contribution in [0.3, 0.4) is 0 Å². The summed E-state index contributed by atoms with van der Waals surface area (Å²) in [6.45, 7) is 0. The summed E-state index contributed by atoms with van der Waals surface area (Å²) in [6, 6.07) is 36.1. The van der Waals surface area contributed by atoms with Crippen LogP contribution in [0.5, 0.6) is 11.5 Å². The van der Waals surface area contributed by atoms with Gasteiger partial charge in [0.1, 0.15) is 0 Å². The molecule has 5 aromatic rings. The Morgan fingerprint density at radius 2 is 1.00 bits per heavy atom. The van der Waals surface area contributed by atoms with Gasteiger partial charge in [0, 0.05) is 40.0 Å². The number of nitrogens with one attached hydrogen (secondary N) is 4. The van der Waals surface area contributed by atoms with Crippen LogP contribution in [0.25, 0.3) is 5.03 Å². The number of methoxy groups -OCH3 is 2. The number of ether oxygens (including phenoxy) is 2. The molecule has 4 N–H and O–H groups in total. The van der Waals surface area contributed by atoms with Crippen molar-refractivity contribution >= 4 is 63.0 Å². The largest absolute Gasteiger partial charge is 0.493 e. The van der Waals surface area contributed by atoms with E-state index in [0.717, 1.165) is 0 Å². The molecular weight excluding hydrogens is 680 g/mol. The Labute approximate surface area is 306 Å². The normalized spacial score (nSPS) is 11.2. The molecule has 4 amide bonds. The lowest BCUT2D eigenvalue weighted by atomic mass is 10.1. The van der Waals surface area contributed by atoms with E-state index >= 15 is 0 Å². The van der Waals surface area contributed by atoms with Gasteiger partial charge in [-0.3, -0.25) is 19.2 Å². The van der Waals surface area contributed by atoms with Gasteiger partial charge in [-0.25, -0.2) is 0 Å². The first-order valence-electron chi connectivity index (χ1n) is 16.1. The number of hydrogen-bond donors (Lipinski definition) is 4. The second-order valence-electron chi connectivity index (χ2n) is 11.3. The van der Waals surface area contributed by atoms with E-state index in [4.69, 9.17) is 21.1 Å². The van der Waals surface area contributed by atoms with E-state index in [0.29, 0.717) is 56.5 Å². The molecule has 0 aliphatic carbocycles. The maximum absolute atomic E-state index is 13.3. The van der Waals surface area contributed by atoms with Gasteiger partial charge in [-0.2, -0.15) is 0 Å². The lowest BCUT2D eigenvalue weighted by molar-refractivity contribution is -0.115. The molecule has 0 bridgehead atoms. The smallest absolute Gasteiger partial charge is 0.255 e. The van der Waals surface area contributed by atoms with Crippen LogP contribution in [0.1, 0.15) is 32.7 Å². The zero-order valence-corrected chi connectivity index (χ0v) is 29.1. The van der Waals surface area contributed by atoms with Crippen molar-refractivity contribution in [3.05, 3.63) is 162 Å².